The van der Waals surface area contributed by atoms with Crippen LogP contribution in [0.25, 0.3) is 16.9 Å². The molecule has 0 aromatic carbocycles. The molecule has 0 atom stereocenters. The highest BCUT2D eigenvalue weighted by Gasteiger charge is 2.20. The predicted molar refractivity (Wildman–Crippen MR) is 70.1 cm³/mol. The van der Waals surface area contributed by atoms with Crippen LogP contribution in [-0.4, -0.2) is 25.4 Å². The van der Waals surface area contributed by atoms with Gasteiger partial charge >= 0.3 is 5.97 Å². The summed E-state index contributed by atoms with van der Waals surface area (Å²) in [6.07, 6.45) is 4.96. The molecular formula is C14H11N3O2. The molecule has 0 bridgehead atoms. The molecule has 0 radical (unpaired) electrons. The van der Waals surface area contributed by atoms with Gasteiger partial charge in [-0.15, -0.1) is 0 Å². The molecule has 0 fully saturated rings. The molecule has 0 saturated carbocycles. The van der Waals surface area contributed by atoms with Gasteiger partial charge in [0.1, 0.15) is 11.3 Å². The summed E-state index contributed by atoms with van der Waals surface area (Å²) in [5.74, 6) is -0.995. The molecule has 3 rings (SSSR count). The molecule has 5 heteroatoms. The molecule has 1 N–H and O–H groups in total. The highest BCUT2D eigenvalue weighted by molar-refractivity contribution is 5.94. The first kappa shape index (κ1) is 11.4. The summed E-state index contributed by atoms with van der Waals surface area (Å²) >= 11 is 0. The third-order valence-electron chi connectivity index (χ3n) is 3.00. The molecule has 0 aliphatic carbocycles. The Labute approximate surface area is 109 Å². The zero-order chi connectivity index (χ0) is 13.4. The van der Waals surface area contributed by atoms with E-state index in [0.29, 0.717) is 11.3 Å². The van der Waals surface area contributed by atoms with Crippen LogP contribution >= 0.6 is 0 Å². The zero-order valence-corrected chi connectivity index (χ0v) is 10.2. The van der Waals surface area contributed by atoms with Crippen LogP contribution in [0.15, 0.2) is 42.9 Å². The number of nitrogens with zero attached hydrogens (tertiary/aromatic N) is 3. The lowest BCUT2D eigenvalue weighted by Gasteiger charge is -2.00. The number of hydrogen-bond donors (Lipinski definition) is 1. The summed E-state index contributed by atoms with van der Waals surface area (Å²) in [5.41, 5.74) is 2.97. The minimum Gasteiger partial charge on any atom is -0.476 e. The van der Waals surface area contributed by atoms with Gasteiger partial charge in [0.2, 0.25) is 0 Å². The number of carboxylic acids is 1. The van der Waals surface area contributed by atoms with Gasteiger partial charge < -0.3 is 5.11 Å². The van der Waals surface area contributed by atoms with Crippen molar-refractivity contribution in [2.45, 2.75) is 6.92 Å². The quantitative estimate of drug-likeness (QED) is 0.761. The molecular weight excluding hydrogens is 242 g/mol. The first-order valence-corrected chi connectivity index (χ1v) is 5.80. The number of rotatable bonds is 2. The Kier molecular flexibility index (Phi) is 2.52. The summed E-state index contributed by atoms with van der Waals surface area (Å²) < 4.78 is 1.60. The molecule has 0 saturated heterocycles. The van der Waals surface area contributed by atoms with E-state index in [-0.39, 0.29) is 5.69 Å². The maximum atomic E-state index is 11.5. The summed E-state index contributed by atoms with van der Waals surface area (Å²) in [6, 6.07) is 7.23. The molecule has 5 nitrogen and oxygen atoms in total. The summed E-state index contributed by atoms with van der Waals surface area (Å²) in [7, 11) is 0. The van der Waals surface area contributed by atoms with Crippen molar-refractivity contribution >= 4 is 11.6 Å². The van der Waals surface area contributed by atoms with Gasteiger partial charge in [-0.3, -0.25) is 9.38 Å². The maximum absolute atomic E-state index is 11.5. The Morgan fingerprint density at radius 2 is 2.00 bits per heavy atom. The number of pyridine rings is 2. The van der Waals surface area contributed by atoms with Gasteiger partial charge in [0, 0.05) is 24.2 Å². The fourth-order valence-electron chi connectivity index (χ4n) is 2.12. The smallest absolute Gasteiger partial charge is 0.355 e. The third-order valence-corrected chi connectivity index (χ3v) is 3.00. The van der Waals surface area contributed by atoms with Crippen molar-refractivity contribution < 1.29 is 9.90 Å². The molecule has 3 heterocycles. The Morgan fingerprint density at radius 3 is 2.68 bits per heavy atom. The standard InChI is InChI=1S/C14H11N3O2/c1-9-3-2-8-17-12(14(18)19)11(16-13(9)17)10-4-6-15-7-5-10/h2-8H,1H3,(H,18,19). The topological polar surface area (TPSA) is 67.5 Å². The lowest BCUT2D eigenvalue weighted by atomic mass is 10.1. The van der Waals surface area contributed by atoms with E-state index in [1.165, 1.54) is 0 Å². The number of fused-ring (bicyclic) bond motifs is 1. The van der Waals surface area contributed by atoms with Crippen LogP contribution in [0.2, 0.25) is 0 Å². The highest BCUT2D eigenvalue weighted by atomic mass is 16.4. The van der Waals surface area contributed by atoms with Crippen LogP contribution in [0, 0.1) is 6.92 Å². The number of carbonyl (C=O) groups is 1. The number of hydrogen-bond acceptors (Lipinski definition) is 3. The summed E-state index contributed by atoms with van der Waals surface area (Å²) in [4.78, 5) is 19.9. The van der Waals surface area contributed by atoms with Gasteiger partial charge in [-0.25, -0.2) is 9.78 Å². The number of aromatic carboxylic acids is 1. The molecule has 0 amide bonds. The van der Waals surface area contributed by atoms with E-state index in [2.05, 4.69) is 9.97 Å². The van der Waals surface area contributed by atoms with E-state index in [9.17, 15) is 9.90 Å². The van der Waals surface area contributed by atoms with Gasteiger partial charge in [0.15, 0.2) is 5.69 Å². The van der Waals surface area contributed by atoms with E-state index < -0.39 is 5.97 Å². The number of aryl methyl sites for hydroxylation is 1. The average molecular weight is 253 g/mol. The molecule has 0 unspecified atom stereocenters. The van der Waals surface area contributed by atoms with Crippen LogP contribution in [0.1, 0.15) is 16.1 Å². The van der Waals surface area contributed by atoms with Gasteiger partial charge in [0.25, 0.3) is 0 Å². The van der Waals surface area contributed by atoms with Crippen LogP contribution in [-0.2, 0) is 0 Å². The molecule has 19 heavy (non-hydrogen) atoms. The second-order valence-electron chi connectivity index (χ2n) is 4.23. The van der Waals surface area contributed by atoms with E-state index in [4.69, 9.17) is 0 Å². The Balaban J connectivity index is 2.39. The molecule has 3 aromatic heterocycles. The number of aromatic nitrogens is 3. The minimum absolute atomic E-state index is 0.171. The Hall–Kier alpha value is -2.69. The van der Waals surface area contributed by atoms with E-state index in [1.807, 2.05) is 19.1 Å². The Morgan fingerprint density at radius 1 is 1.26 bits per heavy atom. The fourth-order valence-corrected chi connectivity index (χ4v) is 2.12. The maximum Gasteiger partial charge on any atom is 0.355 e. The monoisotopic (exact) mass is 253 g/mol. The summed E-state index contributed by atoms with van der Waals surface area (Å²) in [6.45, 7) is 1.91. The molecule has 0 aliphatic heterocycles. The molecule has 94 valence electrons. The van der Waals surface area contributed by atoms with Gasteiger partial charge in [-0.1, -0.05) is 6.07 Å². The normalized spacial score (nSPS) is 10.8. The predicted octanol–water partition coefficient (Wildman–Crippen LogP) is 2.40. The minimum atomic E-state index is -0.995. The van der Waals surface area contributed by atoms with Crippen molar-refractivity contribution in [3.63, 3.8) is 0 Å². The van der Waals surface area contributed by atoms with Crippen LogP contribution in [0.3, 0.4) is 0 Å². The SMILES string of the molecule is Cc1cccn2c(C(=O)O)c(-c3ccncc3)nc12. The van der Waals surface area contributed by atoms with Crippen LogP contribution < -0.4 is 0 Å². The van der Waals surface area contributed by atoms with Crippen molar-refractivity contribution in [3.05, 3.63) is 54.1 Å². The molecule has 0 aliphatic rings. The van der Waals surface area contributed by atoms with E-state index in [1.54, 1.807) is 35.1 Å². The Bertz CT molecular complexity index is 763. The summed E-state index contributed by atoms with van der Waals surface area (Å²) in [5, 5.41) is 9.43. The third kappa shape index (κ3) is 1.76. The lowest BCUT2D eigenvalue weighted by Crippen LogP contribution is -2.03. The van der Waals surface area contributed by atoms with Crippen molar-refractivity contribution in [1.29, 1.82) is 0 Å². The van der Waals surface area contributed by atoms with Gasteiger partial charge in [-0.05, 0) is 30.7 Å². The van der Waals surface area contributed by atoms with Crippen molar-refractivity contribution in [1.82, 2.24) is 14.4 Å². The zero-order valence-electron chi connectivity index (χ0n) is 10.2. The largest absolute Gasteiger partial charge is 0.476 e. The number of carboxylic acid groups (broad SMARTS) is 1. The lowest BCUT2D eigenvalue weighted by molar-refractivity contribution is 0.0690. The van der Waals surface area contributed by atoms with E-state index >= 15 is 0 Å². The van der Waals surface area contributed by atoms with E-state index in [0.717, 1.165) is 11.1 Å². The van der Waals surface area contributed by atoms with Crippen molar-refractivity contribution in [3.8, 4) is 11.3 Å². The first-order chi connectivity index (χ1) is 9.18. The second-order valence-corrected chi connectivity index (χ2v) is 4.23. The van der Waals surface area contributed by atoms with Crippen LogP contribution in [0.5, 0.6) is 0 Å². The highest BCUT2D eigenvalue weighted by Crippen LogP contribution is 2.25. The molecule has 3 aromatic rings. The first-order valence-electron chi connectivity index (χ1n) is 5.80. The second kappa shape index (κ2) is 4.20. The van der Waals surface area contributed by atoms with Crippen LogP contribution in [0.4, 0.5) is 0 Å². The van der Waals surface area contributed by atoms with Gasteiger partial charge in [0.05, 0.1) is 0 Å². The van der Waals surface area contributed by atoms with Crippen molar-refractivity contribution in [2.24, 2.45) is 0 Å². The van der Waals surface area contributed by atoms with Crippen molar-refractivity contribution in [2.75, 3.05) is 0 Å². The molecule has 0 spiro atoms. The fraction of sp³-hybridized carbons (Fsp3) is 0.0714. The number of imidazole rings is 1. The van der Waals surface area contributed by atoms with Gasteiger partial charge in [-0.2, -0.15) is 0 Å². The average Bonchev–Trinajstić information content (AvgIpc) is 2.81.